The number of hydrogen-bond donors (Lipinski definition) is 0. The molecule has 4 heteroatoms. The van der Waals surface area contributed by atoms with Crippen molar-refractivity contribution >= 4 is 0 Å². The molecule has 0 saturated heterocycles. The zero-order valence-electron chi connectivity index (χ0n) is 9.19. The van der Waals surface area contributed by atoms with Crippen molar-refractivity contribution in [1.82, 2.24) is 0 Å². The fourth-order valence-corrected chi connectivity index (χ4v) is 1.25. The van der Waals surface area contributed by atoms with Crippen molar-refractivity contribution < 1.29 is 9.92 Å². The minimum atomic E-state index is -0.774. The Bertz CT molecular complexity index is 355. The van der Waals surface area contributed by atoms with E-state index in [9.17, 15) is 10.1 Å². The second-order valence-electron chi connectivity index (χ2n) is 4.45. The predicted molar refractivity (Wildman–Crippen MR) is 56.9 cm³/mol. The predicted octanol–water partition coefficient (Wildman–Crippen LogP) is 2.69. The first-order valence-electron chi connectivity index (χ1n) is 4.76. The van der Waals surface area contributed by atoms with Crippen LogP contribution in [0.2, 0.25) is 0 Å². The van der Waals surface area contributed by atoms with Crippen LogP contribution >= 0.6 is 0 Å². The van der Waals surface area contributed by atoms with Crippen molar-refractivity contribution in [3.05, 3.63) is 45.5 Å². The Labute approximate surface area is 89.0 Å². The number of hydrogen-bond acceptors (Lipinski definition) is 3. The smallest absolute Gasteiger partial charge is 0.294 e. The molecule has 1 rings (SSSR count). The van der Waals surface area contributed by atoms with Gasteiger partial charge in [-0.05, 0) is 16.5 Å². The van der Waals surface area contributed by atoms with Gasteiger partial charge < -0.3 is 4.84 Å². The molecule has 0 aliphatic heterocycles. The molecule has 0 fully saturated rings. The molecule has 0 unspecified atom stereocenters. The van der Waals surface area contributed by atoms with Gasteiger partial charge >= 0.3 is 0 Å². The van der Waals surface area contributed by atoms with Gasteiger partial charge in [-0.15, -0.1) is 10.1 Å². The lowest BCUT2D eigenvalue weighted by Crippen LogP contribution is -2.11. The van der Waals surface area contributed by atoms with Crippen molar-refractivity contribution in [3.63, 3.8) is 0 Å². The van der Waals surface area contributed by atoms with Crippen LogP contribution < -0.4 is 0 Å². The summed E-state index contributed by atoms with van der Waals surface area (Å²) in [6.45, 7) is 6.30. The van der Waals surface area contributed by atoms with E-state index in [0.29, 0.717) is 0 Å². The van der Waals surface area contributed by atoms with Gasteiger partial charge in [-0.3, -0.25) is 0 Å². The molecule has 1 aromatic rings. The highest BCUT2D eigenvalue weighted by molar-refractivity contribution is 5.28. The van der Waals surface area contributed by atoms with E-state index in [1.54, 1.807) is 0 Å². The van der Waals surface area contributed by atoms with Gasteiger partial charge in [0.1, 0.15) is 6.61 Å². The van der Waals surface area contributed by atoms with Crippen LogP contribution in [0.3, 0.4) is 0 Å². The zero-order chi connectivity index (χ0) is 11.5. The number of rotatable bonds is 3. The Kier molecular flexibility index (Phi) is 3.29. The highest BCUT2D eigenvalue weighted by Crippen LogP contribution is 2.22. The van der Waals surface area contributed by atoms with Crippen LogP contribution in [-0.4, -0.2) is 5.09 Å². The standard InChI is InChI=1S/C11H15NO3/c1-11(2,3)10-6-4-5-9(7-10)8-15-12(13)14/h4-7H,8H2,1-3H3. The molecule has 0 aliphatic rings. The minimum Gasteiger partial charge on any atom is -0.309 e. The highest BCUT2D eigenvalue weighted by atomic mass is 16.9. The molecule has 0 spiro atoms. The fraction of sp³-hybridized carbons (Fsp3) is 0.455. The van der Waals surface area contributed by atoms with Crippen LogP contribution in [0.25, 0.3) is 0 Å². The quantitative estimate of drug-likeness (QED) is 0.568. The first kappa shape index (κ1) is 11.5. The van der Waals surface area contributed by atoms with Crippen molar-refractivity contribution in [3.8, 4) is 0 Å². The van der Waals surface area contributed by atoms with E-state index < -0.39 is 5.09 Å². The second kappa shape index (κ2) is 4.29. The van der Waals surface area contributed by atoms with Crippen molar-refractivity contribution in [2.24, 2.45) is 0 Å². The number of nitrogens with zero attached hydrogens (tertiary/aromatic N) is 1. The molecular formula is C11H15NO3. The average molecular weight is 209 g/mol. The SMILES string of the molecule is CC(C)(C)c1cccc(CO[N+](=O)[O-])c1. The molecule has 0 aliphatic carbocycles. The molecule has 15 heavy (non-hydrogen) atoms. The Hall–Kier alpha value is -1.58. The molecule has 0 heterocycles. The van der Waals surface area contributed by atoms with Crippen molar-refractivity contribution in [1.29, 1.82) is 0 Å². The van der Waals surface area contributed by atoms with E-state index in [4.69, 9.17) is 0 Å². The highest BCUT2D eigenvalue weighted by Gasteiger charge is 2.13. The van der Waals surface area contributed by atoms with Gasteiger partial charge in [0.25, 0.3) is 5.09 Å². The monoisotopic (exact) mass is 209 g/mol. The number of benzene rings is 1. The Morgan fingerprint density at radius 1 is 1.40 bits per heavy atom. The van der Waals surface area contributed by atoms with Crippen molar-refractivity contribution in [2.75, 3.05) is 0 Å². The van der Waals surface area contributed by atoms with Crippen LogP contribution in [0, 0.1) is 10.1 Å². The molecule has 0 radical (unpaired) electrons. The largest absolute Gasteiger partial charge is 0.309 e. The molecule has 0 amide bonds. The topological polar surface area (TPSA) is 52.4 Å². The van der Waals surface area contributed by atoms with E-state index in [0.717, 1.165) is 11.1 Å². The van der Waals surface area contributed by atoms with Crippen LogP contribution in [0.5, 0.6) is 0 Å². The van der Waals surface area contributed by atoms with E-state index >= 15 is 0 Å². The lowest BCUT2D eigenvalue weighted by atomic mass is 9.86. The van der Waals surface area contributed by atoms with E-state index in [2.05, 4.69) is 25.6 Å². The molecule has 0 aromatic heterocycles. The minimum absolute atomic E-state index is 0.0108. The van der Waals surface area contributed by atoms with Crippen LogP contribution in [0.1, 0.15) is 31.9 Å². The van der Waals surface area contributed by atoms with Gasteiger partial charge in [-0.25, -0.2) is 0 Å². The van der Waals surface area contributed by atoms with Gasteiger partial charge in [-0.1, -0.05) is 45.0 Å². The second-order valence-corrected chi connectivity index (χ2v) is 4.45. The molecule has 0 atom stereocenters. The normalized spacial score (nSPS) is 11.1. The van der Waals surface area contributed by atoms with Crippen molar-refractivity contribution in [2.45, 2.75) is 32.8 Å². The molecule has 0 N–H and O–H groups in total. The average Bonchev–Trinajstić information content (AvgIpc) is 2.14. The zero-order valence-corrected chi connectivity index (χ0v) is 9.19. The Morgan fingerprint density at radius 2 is 2.07 bits per heavy atom. The summed E-state index contributed by atoms with van der Waals surface area (Å²) < 4.78 is 0. The van der Waals surface area contributed by atoms with Gasteiger partial charge in [-0.2, -0.15) is 0 Å². The van der Waals surface area contributed by atoms with E-state index in [1.165, 1.54) is 0 Å². The maximum atomic E-state index is 10.0. The molecule has 0 saturated carbocycles. The first-order valence-corrected chi connectivity index (χ1v) is 4.76. The molecule has 1 aromatic carbocycles. The summed E-state index contributed by atoms with van der Waals surface area (Å²) >= 11 is 0. The van der Waals surface area contributed by atoms with E-state index in [-0.39, 0.29) is 12.0 Å². The lowest BCUT2D eigenvalue weighted by Gasteiger charge is -2.19. The summed E-state index contributed by atoms with van der Waals surface area (Å²) in [5.41, 5.74) is 2.01. The summed E-state index contributed by atoms with van der Waals surface area (Å²) in [6.07, 6.45) is 0. The summed E-state index contributed by atoms with van der Waals surface area (Å²) in [5.74, 6) is 0. The maximum Gasteiger partial charge on any atom is 0.294 e. The summed E-state index contributed by atoms with van der Waals surface area (Å²) in [4.78, 5) is 14.4. The Morgan fingerprint density at radius 3 is 2.60 bits per heavy atom. The van der Waals surface area contributed by atoms with Gasteiger partial charge in [0, 0.05) is 0 Å². The maximum absolute atomic E-state index is 10.0. The Balaban J connectivity index is 2.79. The molecule has 4 nitrogen and oxygen atoms in total. The molecule has 82 valence electrons. The molecule has 0 bridgehead atoms. The summed E-state index contributed by atoms with van der Waals surface area (Å²) in [7, 11) is 0. The third kappa shape index (κ3) is 3.58. The van der Waals surface area contributed by atoms with Gasteiger partial charge in [0.15, 0.2) is 0 Å². The van der Waals surface area contributed by atoms with E-state index in [1.807, 2.05) is 24.3 Å². The van der Waals surface area contributed by atoms with Crippen LogP contribution in [-0.2, 0) is 16.9 Å². The molecular weight excluding hydrogens is 194 g/mol. The third-order valence-corrected chi connectivity index (χ3v) is 2.13. The fourth-order valence-electron chi connectivity index (χ4n) is 1.25. The summed E-state index contributed by atoms with van der Waals surface area (Å²) in [6, 6.07) is 7.65. The first-order chi connectivity index (χ1) is 6.89. The van der Waals surface area contributed by atoms with Crippen LogP contribution in [0.4, 0.5) is 0 Å². The summed E-state index contributed by atoms with van der Waals surface area (Å²) in [5, 5.41) is 9.26. The lowest BCUT2D eigenvalue weighted by molar-refractivity contribution is -0.763. The van der Waals surface area contributed by atoms with Gasteiger partial charge in [0.2, 0.25) is 0 Å². The van der Waals surface area contributed by atoms with Gasteiger partial charge in [0.05, 0.1) is 0 Å². The van der Waals surface area contributed by atoms with Crippen LogP contribution in [0.15, 0.2) is 24.3 Å². The third-order valence-electron chi connectivity index (χ3n) is 2.13.